The Bertz CT molecular complexity index is 637. The molecule has 78 valence electrons. The first-order valence-corrected chi connectivity index (χ1v) is 4.96. The number of fused-ring (bicyclic) bond motifs is 1. The van der Waals surface area contributed by atoms with E-state index in [2.05, 4.69) is 15.2 Å². The van der Waals surface area contributed by atoms with Gasteiger partial charge in [0, 0.05) is 28.9 Å². The average Bonchev–Trinajstić information content (AvgIpc) is 2.98. The Balaban J connectivity index is 2.16. The number of benzene rings is 1. The number of hydrogen-bond acceptors (Lipinski definition) is 2. The maximum absolute atomic E-state index is 12.1. The lowest BCUT2D eigenvalue weighted by atomic mass is 10.1. The van der Waals surface area contributed by atoms with Gasteiger partial charge < -0.3 is 4.98 Å². The second kappa shape index (κ2) is 3.34. The topological polar surface area (TPSA) is 61.5 Å². The third-order valence-electron chi connectivity index (χ3n) is 2.59. The van der Waals surface area contributed by atoms with E-state index in [1.54, 1.807) is 12.4 Å². The highest BCUT2D eigenvalue weighted by Crippen LogP contribution is 2.20. The quantitative estimate of drug-likeness (QED) is 0.638. The number of hydrogen-bond donors (Lipinski definition) is 2. The van der Waals surface area contributed by atoms with Crippen molar-refractivity contribution in [3.8, 4) is 0 Å². The fraction of sp³-hybridized carbons (Fsp3) is 0. The number of para-hydroxylation sites is 1. The van der Waals surface area contributed by atoms with Crippen LogP contribution >= 0.6 is 0 Å². The summed E-state index contributed by atoms with van der Waals surface area (Å²) < 4.78 is 0. The third kappa shape index (κ3) is 1.24. The van der Waals surface area contributed by atoms with Crippen LogP contribution in [0.25, 0.3) is 10.9 Å². The van der Waals surface area contributed by atoms with Crippen molar-refractivity contribution in [2.45, 2.75) is 0 Å². The van der Waals surface area contributed by atoms with Gasteiger partial charge in [-0.3, -0.25) is 9.89 Å². The lowest BCUT2D eigenvalue weighted by molar-refractivity contribution is 0.104. The molecule has 2 N–H and O–H groups in total. The van der Waals surface area contributed by atoms with Crippen molar-refractivity contribution < 1.29 is 4.79 Å². The summed E-state index contributed by atoms with van der Waals surface area (Å²) in [5, 5.41) is 7.36. The van der Waals surface area contributed by atoms with E-state index >= 15 is 0 Å². The van der Waals surface area contributed by atoms with Crippen LogP contribution < -0.4 is 0 Å². The van der Waals surface area contributed by atoms with Crippen molar-refractivity contribution in [3.05, 3.63) is 54.0 Å². The molecule has 1 aromatic carbocycles. The van der Waals surface area contributed by atoms with Crippen LogP contribution in [-0.4, -0.2) is 21.0 Å². The number of carbonyl (C=O) groups is 1. The second-order valence-corrected chi connectivity index (χ2v) is 3.56. The van der Waals surface area contributed by atoms with Gasteiger partial charge in [0.15, 0.2) is 5.78 Å². The summed E-state index contributed by atoms with van der Waals surface area (Å²) >= 11 is 0. The van der Waals surface area contributed by atoms with Gasteiger partial charge in [-0.25, -0.2) is 0 Å². The fourth-order valence-electron chi connectivity index (χ4n) is 1.79. The lowest BCUT2D eigenvalue weighted by Gasteiger charge is -1.94. The van der Waals surface area contributed by atoms with Gasteiger partial charge in [0.1, 0.15) is 0 Å². The van der Waals surface area contributed by atoms with Crippen molar-refractivity contribution in [3.63, 3.8) is 0 Å². The summed E-state index contributed by atoms with van der Waals surface area (Å²) in [6.07, 6.45) is 4.87. The highest BCUT2D eigenvalue weighted by Gasteiger charge is 2.14. The van der Waals surface area contributed by atoms with Crippen LogP contribution in [0.15, 0.2) is 42.9 Å². The molecule has 0 unspecified atom stereocenters. The minimum atomic E-state index is -0.0220. The molecule has 2 aromatic heterocycles. The second-order valence-electron chi connectivity index (χ2n) is 3.56. The fourth-order valence-corrected chi connectivity index (χ4v) is 1.79. The van der Waals surface area contributed by atoms with Crippen LogP contribution in [0.4, 0.5) is 0 Å². The SMILES string of the molecule is O=C(c1cn[nH]c1)c1c[nH]c2ccccc12. The number of nitrogens with zero attached hydrogens (tertiary/aromatic N) is 1. The molecule has 0 saturated heterocycles. The van der Waals surface area contributed by atoms with E-state index < -0.39 is 0 Å². The van der Waals surface area contributed by atoms with Crippen molar-refractivity contribution in [2.24, 2.45) is 0 Å². The molecule has 3 rings (SSSR count). The first-order valence-electron chi connectivity index (χ1n) is 4.96. The number of carbonyl (C=O) groups excluding carboxylic acids is 1. The predicted octanol–water partition coefficient (Wildman–Crippen LogP) is 2.12. The van der Waals surface area contributed by atoms with E-state index in [1.165, 1.54) is 6.20 Å². The zero-order chi connectivity index (χ0) is 11.0. The van der Waals surface area contributed by atoms with Gasteiger partial charge in [0.2, 0.25) is 0 Å². The molecule has 0 aliphatic heterocycles. The van der Waals surface area contributed by atoms with Crippen molar-refractivity contribution >= 4 is 16.7 Å². The van der Waals surface area contributed by atoms with Gasteiger partial charge in [0.05, 0.1) is 11.8 Å². The van der Waals surface area contributed by atoms with Crippen LogP contribution in [-0.2, 0) is 0 Å². The molecule has 16 heavy (non-hydrogen) atoms. The minimum absolute atomic E-state index is 0.0220. The Hall–Kier alpha value is -2.36. The van der Waals surface area contributed by atoms with Gasteiger partial charge in [-0.2, -0.15) is 5.10 Å². The molecule has 0 radical (unpaired) electrons. The molecular weight excluding hydrogens is 202 g/mol. The largest absolute Gasteiger partial charge is 0.360 e. The van der Waals surface area contributed by atoms with Crippen molar-refractivity contribution in [2.75, 3.05) is 0 Å². The maximum atomic E-state index is 12.1. The maximum Gasteiger partial charge on any atom is 0.198 e. The summed E-state index contributed by atoms with van der Waals surface area (Å²) in [6, 6.07) is 7.73. The molecule has 0 fully saturated rings. The molecule has 0 atom stereocenters. The first kappa shape index (κ1) is 8.91. The van der Waals surface area contributed by atoms with E-state index in [1.807, 2.05) is 24.3 Å². The van der Waals surface area contributed by atoms with Crippen LogP contribution in [0.3, 0.4) is 0 Å². The van der Waals surface area contributed by atoms with Gasteiger partial charge >= 0.3 is 0 Å². The third-order valence-corrected chi connectivity index (χ3v) is 2.59. The monoisotopic (exact) mass is 211 g/mol. The Labute approximate surface area is 91.3 Å². The standard InChI is InChI=1S/C12H9N3O/c16-12(8-5-14-15-6-8)10-7-13-11-4-2-1-3-9(10)11/h1-7,13H,(H,14,15). The molecule has 0 bridgehead atoms. The number of nitrogens with one attached hydrogen (secondary N) is 2. The molecule has 0 aliphatic carbocycles. The van der Waals surface area contributed by atoms with E-state index in [-0.39, 0.29) is 5.78 Å². The highest BCUT2D eigenvalue weighted by molar-refractivity contribution is 6.16. The molecule has 2 heterocycles. The Kier molecular flexibility index (Phi) is 1.86. The summed E-state index contributed by atoms with van der Waals surface area (Å²) in [5.74, 6) is -0.0220. The number of H-pyrrole nitrogens is 2. The number of ketones is 1. The number of aromatic nitrogens is 3. The Morgan fingerprint density at radius 1 is 1.19 bits per heavy atom. The number of rotatable bonds is 2. The predicted molar refractivity (Wildman–Crippen MR) is 60.3 cm³/mol. The molecule has 3 aromatic rings. The van der Waals surface area contributed by atoms with Crippen LogP contribution in [0.2, 0.25) is 0 Å². The van der Waals surface area contributed by atoms with Gasteiger partial charge in [-0.1, -0.05) is 18.2 Å². The van der Waals surface area contributed by atoms with E-state index in [0.29, 0.717) is 11.1 Å². The Morgan fingerprint density at radius 3 is 2.88 bits per heavy atom. The van der Waals surface area contributed by atoms with Gasteiger partial charge in [0.25, 0.3) is 0 Å². The number of aromatic amines is 2. The molecule has 0 amide bonds. The molecule has 4 nitrogen and oxygen atoms in total. The highest BCUT2D eigenvalue weighted by atomic mass is 16.1. The normalized spacial score (nSPS) is 10.8. The molecule has 0 aliphatic rings. The summed E-state index contributed by atoms with van der Waals surface area (Å²) in [5.41, 5.74) is 2.22. The average molecular weight is 211 g/mol. The summed E-state index contributed by atoms with van der Waals surface area (Å²) in [7, 11) is 0. The van der Waals surface area contributed by atoms with Crippen molar-refractivity contribution in [1.82, 2.24) is 15.2 Å². The van der Waals surface area contributed by atoms with E-state index in [0.717, 1.165) is 10.9 Å². The van der Waals surface area contributed by atoms with Gasteiger partial charge in [-0.15, -0.1) is 0 Å². The lowest BCUT2D eigenvalue weighted by Crippen LogP contribution is -1.98. The van der Waals surface area contributed by atoms with Crippen LogP contribution in [0, 0.1) is 0 Å². The first-order chi connectivity index (χ1) is 7.86. The molecular formula is C12H9N3O. The molecule has 0 saturated carbocycles. The zero-order valence-electron chi connectivity index (χ0n) is 8.40. The summed E-state index contributed by atoms with van der Waals surface area (Å²) in [6.45, 7) is 0. The molecule has 4 heteroatoms. The van der Waals surface area contributed by atoms with E-state index in [9.17, 15) is 4.79 Å². The van der Waals surface area contributed by atoms with Gasteiger partial charge in [-0.05, 0) is 6.07 Å². The Morgan fingerprint density at radius 2 is 2.06 bits per heavy atom. The van der Waals surface area contributed by atoms with Crippen molar-refractivity contribution in [1.29, 1.82) is 0 Å². The van der Waals surface area contributed by atoms with Crippen LogP contribution in [0.1, 0.15) is 15.9 Å². The minimum Gasteiger partial charge on any atom is -0.360 e. The molecule has 0 spiro atoms. The zero-order valence-corrected chi connectivity index (χ0v) is 8.40. The smallest absolute Gasteiger partial charge is 0.198 e. The van der Waals surface area contributed by atoms with E-state index in [4.69, 9.17) is 0 Å². The summed E-state index contributed by atoms with van der Waals surface area (Å²) in [4.78, 5) is 15.2. The van der Waals surface area contributed by atoms with Crippen LogP contribution in [0.5, 0.6) is 0 Å².